The quantitative estimate of drug-likeness (QED) is 0.606. The summed E-state index contributed by atoms with van der Waals surface area (Å²) in [6.07, 6.45) is 4.71. The molecule has 2 aliphatic heterocycles. The van der Waals surface area contributed by atoms with Crippen LogP contribution in [0.25, 0.3) is 10.9 Å². The summed E-state index contributed by atoms with van der Waals surface area (Å²) in [4.78, 5) is 20.7. The van der Waals surface area contributed by atoms with Crippen molar-refractivity contribution in [1.29, 1.82) is 0 Å². The maximum atomic E-state index is 12.9. The topological polar surface area (TPSA) is 50.9 Å². The van der Waals surface area contributed by atoms with Gasteiger partial charge in [-0.25, -0.2) is 0 Å². The number of hydrogen-bond acceptors (Lipinski definition) is 2. The maximum absolute atomic E-state index is 12.9. The molecule has 30 heavy (non-hydrogen) atoms. The Kier molecular flexibility index (Phi) is 5.47. The summed E-state index contributed by atoms with van der Waals surface area (Å²) in [7, 11) is 0. The molecule has 5 heteroatoms. The number of benzene rings is 2. The Labute approximate surface area is 177 Å². The predicted octanol–water partition coefficient (Wildman–Crippen LogP) is 1.51. The second-order valence-electron chi connectivity index (χ2n) is 8.63. The molecule has 0 aliphatic carbocycles. The number of likely N-dealkylation sites (tertiary alicyclic amines) is 1. The third-order valence-corrected chi connectivity index (χ3v) is 6.50. The monoisotopic (exact) mass is 402 g/mol. The van der Waals surface area contributed by atoms with Gasteiger partial charge >= 0.3 is 0 Å². The minimum atomic E-state index is 0.127. The molecule has 2 aliphatic rings. The number of amides is 1. The Hall–Kier alpha value is -2.76. The smallest absolute Gasteiger partial charge is 0.279 e. The van der Waals surface area contributed by atoms with E-state index in [0.717, 1.165) is 55.0 Å². The summed E-state index contributed by atoms with van der Waals surface area (Å²) in [6, 6.07) is 18.8. The van der Waals surface area contributed by atoms with Gasteiger partial charge in [-0.05, 0) is 25.3 Å². The van der Waals surface area contributed by atoms with Gasteiger partial charge in [-0.3, -0.25) is 9.69 Å². The number of rotatable bonds is 5. The van der Waals surface area contributed by atoms with Crippen molar-refractivity contribution < 1.29 is 14.6 Å². The number of pyridine rings is 1. The second kappa shape index (κ2) is 8.54. The molecule has 1 aromatic heterocycles. The van der Waals surface area contributed by atoms with Crippen LogP contribution in [0.5, 0.6) is 0 Å². The third kappa shape index (κ3) is 3.95. The normalized spacial score (nSPS) is 19.0. The second-order valence-corrected chi connectivity index (χ2v) is 8.63. The first-order valence-corrected chi connectivity index (χ1v) is 11.2. The highest BCUT2D eigenvalue weighted by molar-refractivity contribution is 6.03. The lowest BCUT2D eigenvalue weighted by molar-refractivity contribution is -0.896. The molecule has 0 spiro atoms. The standard InChI is InChI=1S/C25H28N4O/c30-23(18-28-14-7-2-8-15-28)27-24-20-11-5-6-12-22(20)26-25-21(24)13-16-29(25)17-19-9-3-1-4-10-19/h1,3-6,9-12H,2,7-8,13-18H2,(H,26,27,30)/p+2. The first kappa shape index (κ1) is 19.2. The van der Waals surface area contributed by atoms with Crippen molar-refractivity contribution in [2.75, 3.05) is 31.5 Å². The van der Waals surface area contributed by atoms with Gasteiger partial charge in [0, 0.05) is 17.4 Å². The van der Waals surface area contributed by atoms with Crippen molar-refractivity contribution in [3.05, 3.63) is 65.7 Å². The van der Waals surface area contributed by atoms with Crippen molar-refractivity contribution in [3.8, 4) is 0 Å². The van der Waals surface area contributed by atoms with Crippen molar-refractivity contribution in [1.82, 2.24) is 4.98 Å². The van der Waals surface area contributed by atoms with E-state index in [9.17, 15) is 4.79 Å². The highest BCUT2D eigenvalue weighted by Crippen LogP contribution is 2.32. The van der Waals surface area contributed by atoms with Crippen LogP contribution in [-0.2, 0) is 17.8 Å². The van der Waals surface area contributed by atoms with Crippen LogP contribution < -0.4 is 15.1 Å². The fourth-order valence-electron chi connectivity index (χ4n) is 4.98. The molecule has 0 radical (unpaired) electrons. The molecule has 1 saturated heterocycles. The lowest BCUT2D eigenvalue weighted by Crippen LogP contribution is -3.13. The largest absolute Gasteiger partial charge is 0.327 e. The third-order valence-electron chi connectivity index (χ3n) is 6.50. The Morgan fingerprint density at radius 2 is 1.70 bits per heavy atom. The Morgan fingerprint density at radius 3 is 2.53 bits per heavy atom. The van der Waals surface area contributed by atoms with E-state index >= 15 is 0 Å². The molecule has 1 fully saturated rings. The van der Waals surface area contributed by atoms with E-state index in [-0.39, 0.29) is 5.91 Å². The Balaban J connectivity index is 1.45. The van der Waals surface area contributed by atoms with E-state index in [2.05, 4.69) is 47.8 Å². The fraction of sp³-hybridized carbons (Fsp3) is 0.360. The predicted molar refractivity (Wildman–Crippen MR) is 119 cm³/mol. The number of quaternary nitrogens is 2. The summed E-state index contributed by atoms with van der Waals surface area (Å²) < 4.78 is 0. The number of carbonyl (C=O) groups excluding carboxylic acids is 1. The molecule has 1 atom stereocenters. The number of fused-ring (bicyclic) bond motifs is 2. The van der Waals surface area contributed by atoms with Crippen LogP contribution in [0.1, 0.15) is 30.4 Å². The summed E-state index contributed by atoms with van der Waals surface area (Å²) in [6.45, 7) is 4.71. The SMILES string of the molecule is O=C(C[NH+]1CCCCC1)Nc1c2c(nc3ccccc13)[NH+](Cc1ccccc1)CC2. The number of carbonyl (C=O) groups is 1. The molecule has 3 aromatic rings. The van der Waals surface area contributed by atoms with Crippen LogP contribution in [0.15, 0.2) is 54.6 Å². The maximum Gasteiger partial charge on any atom is 0.279 e. The van der Waals surface area contributed by atoms with Gasteiger partial charge in [-0.1, -0.05) is 48.5 Å². The number of piperidine rings is 1. The number of aromatic nitrogens is 1. The van der Waals surface area contributed by atoms with E-state index in [1.54, 1.807) is 0 Å². The minimum absolute atomic E-state index is 0.127. The van der Waals surface area contributed by atoms with Gasteiger partial charge in [0.15, 0.2) is 6.54 Å². The average Bonchev–Trinajstić information content (AvgIpc) is 3.17. The van der Waals surface area contributed by atoms with Crippen LogP contribution in [0.2, 0.25) is 0 Å². The number of anilines is 1. The number of nitrogens with one attached hydrogen (secondary N) is 3. The summed E-state index contributed by atoms with van der Waals surface area (Å²) >= 11 is 0. The molecule has 1 amide bonds. The van der Waals surface area contributed by atoms with Gasteiger partial charge in [0.05, 0.1) is 36.4 Å². The molecule has 0 bridgehead atoms. The zero-order chi connectivity index (χ0) is 20.3. The molecule has 3 N–H and O–H groups in total. The molecule has 1 unspecified atom stereocenters. The van der Waals surface area contributed by atoms with Crippen molar-refractivity contribution in [2.45, 2.75) is 32.2 Å². The fourth-order valence-corrected chi connectivity index (χ4v) is 4.98. The first-order chi connectivity index (χ1) is 14.8. The molecule has 5 rings (SSSR count). The zero-order valence-corrected chi connectivity index (χ0v) is 17.4. The lowest BCUT2D eigenvalue weighted by Gasteiger charge is -2.23. The Bertz CT molecular complexity index is 1040. The molecule has 2 aromatic carbocycles. The van der Waals surface area contributed by atoms with Gasteiger partial charge in [0.2, 0.25) is 5.82 Å². The number of para-hydroxylation sites is 1. The van der Waals surface area contributed by atoms with Crippen LogP contribution in [0.3, 0.4) is 0 Å². The number of nitrogens with zero attached hydrogens (tertiary/aromatic N) is 1. The van der Waals surface area contributed by atoms with Gasteiger partial charge in [-0.15, -0.1) is 0 Å². The van der Waals surface area contributed by atoms with Crippen LogP contribution >= 0.6 is 0 Å². The van der Waals surface area contributed by atoms with Crippen LogP contribution in [0, 0.1) is 0 Å². The van der Waals surface area contributed by atoms with Crippen molar-refractivity contribution in [2.24, 2.45) is 0 Å². The minimum Gasteiger partial charge on any atom is -0.327 e. The molecular formula is C25H30N4O+2. The van der Waals surface area contributed by atoms with Crippen LogP contribution in [-0.4, -0.2) is 37.1 Å². The highest BCUT2D eigenvalue weighted by Gasteiger charge is 2.31. The zero-order valence-electron chi connectivity index (χ0n) is 17.4. The number of hydrogen-bond donors (Lipinski definition) is 3. The first-order valence-electron chi connectivity index (χ1n) is 11.2. The van der Waals surface area contributed by atoms with E-state index in [4.69, 9.17) is 4.98 Å². The molecular weight excluding hydrogens is 372 g/mol. The van der Waals surface area contributed by atoms with Gasteiger partial charge < -0.3 is 10.2 Å². The van der Waals surface area contributed by atoms with Crippen molar-refractivity contribution in [3.63, 3.8) is 0 Å². The van der Waals surface area contributed by atoms with Gasteiger partial charge in [-0.2, -0.15) is 4.98 Å². The van der Waals surface area contributed by atoms with Crippen LogP contribution in [0.4, 0.5) is 11.5 Å². The Morgan fingerprint density at radius 1 is 0.933 bits per heavy atom. The summed E-state index contributed by atoms with van der Waals surface area (Å²) in [5.74, 6) is 1.22. The van der Waals surface area contributed by atoms with E-state index in [1.165, 1.54) is 40.2 Å². The summed E-state index contributed by atoms with van der Waals surface area (Å²) in [5.41, 5.74) is 4.47. The molecule has 5 nitrogen and oxygen atoms in total. The van der Waals surface area contributed by atoms with E-state index in [0.29, 0.717) is 6.54 Å². The van der Waals surface area contributed by atoms with E-state index in [1.807, 2.05) is 12.1 Å². The average molecular weight is 403 g/mol. The lowest BCUT2D eigenvalue weighted by atomic mass is 10.1. The van der Waals surface area contributed by atoms with Gasteiger partial charge in [0.25, 0.3) is 5.91 Å². The van der Waals surface area contributed by atoms with E-state index < -0.39 is 0 Å². The highest BCUT2D eigenvalue weighted by atomic mass is 16.2. The van der Waals surface area contributed by atoms with Crippen molar-refractivity contribution >= 4 is 28.3 Å². The molecule has 154 valence electrons. The molecule has 3 heterocycles. The van der Waals surface area contributed by atoms with Gasteiger partial charge in [0.1, 0.15) is 6.54 Å². The molecule has 0 saturated carbocycles. The summed E-state index contributed by atoms with van der Waals surface area (Å²) in [5, 5.41) is 4.36.